The quantitative estimate of drug-likeness (QED) is 0.710. The van der Waals surface area contributed by atoms with Crippen molar-refractivity contribution in [1.29, 1.82) is 0 Å². The van der Waals surface area contributed by atoms with Crippen LogP contribution in [-0.4, -0.2) is 0 Å². The summed E-state index contributed by atoms with van der Waals surface area (Å²) in [6.45, 7) is 0. The highest BCUT2D eigenvalue weighted by Crippen LogP contribution is 1.92. The van der Waals surface area contributed by atoms with Crippen LogP contribution in [0.2, 0.25) is 0 Å². The van der Waals surface area contributed by atoms with Gasteiger partial charge in [-0.3, -0.25) is 4.79 Å². The van der Waals surface area contributed by atoms with Crippen molar-refractivity contribution in [2.24, 2.45) is 0 Å². The van der Waals surface area contributed by atoms with Crippen molar-refractivity contribution in [1.82, 2.24) is 0 Å². The van der Waals surface area contributed by atoms with Gasteiger partial charge in [-0.1, -0.05) is 48.5 Å². The highest BCUT2D eigenvalue weighted by molar-refractivity contribution is 5.00. The predicted octanol–water partition coefficient (Wildman–Crippen LogP) is 3.21. The van der Waals surface area contributed by atoms with E-state index in [1.807, 2.05) is 30.3 Å². The Morgan fingerprint density at radius 3 is 1.94 bits per heavy atom. The molecule has 1 aliphatic carbocycles. The van der Waals surface area contributed by atoms with E-state index in [0.717, 1.165) is 0 Å². The Balaban J connectivity index is 2.89. The van der Waals surface area contributed by atoms with Crippen molar-refractivity contribution >= 4 is 0 Å². The van der Waals surface area contributed by atoms with Crippen LogP contribution in [-0.2, 0) is 0 Å². The Bertz CT molecular complexity index is 725. The van der Waals surface area contributed by atoms with Crippen molar-refractivity contribution in [2.75, 3.05) is 0 Å². The van der Waals surface area contributed by atoms with Gasteiger partial charge in [0, 0.05) is 0 Å². The highest BCUT2D eigenvalue weighted by atomic mass is 16.4. The van der Waals surface area contributed by atoms with Gasteiger partial charge in [0.05, 0.1) is 0 Å². The predicted molar refractivity (Wildman–Crippen MR) is 67.8 cm³/mol. The topological polar surface area (TPSA) is 43.4 Å². The summed E-state index contributed by atoms with van der Waals surface area (Å²) >= 11 is 0. The molecule has 0 radical (unpaired) electrons. The molecular formula is C15H12O3. The molecule has 0 unspecified atom stereocenters. The number of hydrogen-bond acceptors (Lipinski definition) is 3. The van der Waals surface area contributed by atoms with E-state index < -0.39 is 0 Å². The zero-order valence-electron chi connectivity index (χ0n) is 9.65. The molecular weight excluding hydrogens is 228 g/mol. The van der Waals surface area contributed by atoms with E-state index in [4.69, 9.17) is 8.83 Å². The average molecular weight is 240 g/mol. The fourth-order valence-electron chi connectivity index (χ4n) is 1.35. The molecule has 2 rings (SSSR count). The fraction of sp³-hybridized carbons (Fsp3) is 0. The molecule has 0 saturated carbocycles. The van der Waals surface area contributed by atoms with Crippen molar-refractivity contribution in [3.63, 3.8) is 0 Å². The minimum absolute atomic E-state index is 0.180. The second kappa shape index (κ2) is 6.25. The molecule has 18 heavy (non-hydrogen) atoms. The van der Waals surface area contributed by atoms with Crippen LogP contribution in [0.1, 0.15) is 0 Å². The summed E-state index contributed by atoms with van der Waals surface area (Å²) < 4.78 is 10.4. The van der Waals surface area contributed by atoms with Gasteiger partial charge in [0.1, 0.15) is 12.5 Å². The van der Waals surface area contributed by atoms with Crippen LogP contribution in [0.15, 0.2) is 86.8 Å². The second-order valence-corrected chi connectivity index (χ2v) is 3.44. The zero-order valence-corrected chi connectivity index (χ0v) is 9.65. The molecule has 1 heterocycles. The van der Waals surface area contributed by atoms with Gasteiger partial charge in [-0.05, 0) is 12.1 Å². The zero-order chi connectivity index (χ0) is 12.6. The van der Waals surface area contributed by atoms with Crippen LogP contribution in [0.4, 0.5) is 0 Å². The minimum Gasteiger partial charge on any atom is -0.458 e. The minimum atomic E-state index is -0.240. The SMILES string of the molecule is O=c1ccccccccccc2occoc1=2. The van der Waals surface area contributed by atoms with Gasteiger partial charge in [0.2, 0.25) is 10.8 Å². The second-order valence-electron chi connectivity index (χ2n) is 3.44. The first-order valence-corrected chi connectivity index (χ1v) is 5.49. The molecule has 0 aromatic carbocycles. The van der Waals surface area contributed by atoms with E-state index in [0.29, 0.717) is 5.42 Å². The summed E-state index contributed by atoms with van der Waals surface area (Å²) in [5, 5.41) is 0. The third-order valence-corrected chi connectivity index (χ3v) is 2.16. The third kappa shape index (κ3) is 3.22. The van der Waals surface area contributed by atoms with E-state index in [1.165, 1.54) is 18.6 Å². The Labute approximate surface area is 104 Å². The molecule has 0 N–H and O–H groups in total. The first kappa shape index (κ1) is 11.9. The molecule has 0 amide bonds. The Morgan fingerprint density at radius 1 is 0.667 bits per heavy atom. The van der Waals surface area contributed by atoms with E-state index in [1.54, 1.807) is 24.3 Å². The molecule has 0 saturated heterocycles. The Hall–Kier alpha value is -2.55. The Kier molecular flexibility index (Phi) is 4.14. The normalized spacial score (nSPS) is 9.33. The lowest BCUT2D eigenvalue weighted by Gasteiger charge is -1.85. The molecule has 0 atom stereocenters. The van der Waals surface area contributed by atoms with Gasteiger partial charge < -0.3 is 8.83 Å². The maximum Gasteiger partial charge on any atom is 0.224 e. The number of hydrogen-bond donors (Lipinski definition) is 0. The van der Waals surface area contributed by atoms with Crippen molar-refractivity contribution < 1.29 is 8.83 Å². The van der Waals surface area contributed by atoms with Gasteiger partial charge >= 0.3 is 0 Å². The molecule has 0 bridgehead atoms. The van der Waals surface area contributed by atoms with E-state index in [2.05, 4.69) is 0 Å². The molecule has 0 aromatic rings. The van der Waals surface area contributed by atoms with E-state index in [9.17, 15) is 4.79 Å². The van der Waals surface area contributed by atoms with Gasteiger partial charge in [-0.15, -0.1) is 0 Å². The summed E-state index contributed by atoms with van der Waals surface area (Å²) in [5.74, 6) is 0. The van der Waals surface area contributed by atoms with Crippen molar-refractivity contribution in [3.8, 4) is 0 Å². The molecule has 90 valence electrons. The van der Waals surface area contributed by atoms with Gasteiger partial charge in [0.15, 0.2) is 5.42 Å². The fourth-order valence-corrected chi connectivity index (χ4v) is 1.35. The summed E-state index contributed by atoms with van der Waals surface area (Å²) in [5.41, 5.74) is 0.332. The van der Waals surface area contributed by atoms with Crippen LogP contribution >= 0.6 is 0 Å². The van der Waals surface area contributed by atoms with Gasteiger partial charge in [-0.2, -0.15) is 0 Å². The highest BCUT2D eigenvalue weighted by Gasteiger charge is 1.90. The van der Waals surface area contributed by atoms with Crippen LogP contribution in [0.25, 0.3) is 0 Å². The maximum absolute atomic E-state index is 11.9. The van der Waals surface area contributed by atoms with Crippen LogP contribution in [0.3, 0.4) is 0 Å². The van der Waals surface area contributed by atoms with Crippen LogP contribution < -0.4 is 5.43 Å². The van der Waals surface area contributed by atoms with Crippen molar-refractivity contribution in [2.45, 2.75) is 0 Å². The third-order valence-electron chi connectivity index (χ3n) is 2.16. The molecule has 1 aliphatic heterocycles. The van der Waals surface area contributed by atoms with Crippen LogP contribution in [0.5, 0.6) is 0 Å². The summed E-state index contributed by atoms with van der Waals surface area (Å²) in [7, 11) is 0. The maximum atomic E-state index is 11.9. The molecule has 0 aromatic heterocycles. The smallest absolute Gasteiger partial charge is 0.224 e. The Morgan fingerprint density at radius 2 is 1.22 bits per heavy atom. The molecule has 3 nitrogen and oxygen atoms in total. The van der Waals surface area contributed by atoms with Crippen LogP contribution in [0, 0.1) is 10.8 Å². The first-order chi connectivity index (χ1) is 8.88. The molecule has 0 fully saturated rings. The van der Waals surface area contributed by atoms with E-state index >= 15 is 0 Å². The molecule has 2 aliphatic rings. The van der Waals surface area contributed by atoms with E-state index in [-0.39, 0.29) is 10.8 Å². The average Bonchev–Trinajstić information content (AvgIpc) is 2.42. The molecule has 0 spiro atoms. The van der Waals surface area contributed by atoms with Gasteiger partial charge in [-0.25, -0.2) is 0 Å². The molecule has 3 heteroatoms. The van der Waals surface area contributed by atoms with Crippen molar-refractivity contribution in [3.05, 3.63) is 94.2 Å². The number of rotatable bonds is 0. The lowest BCUT2D eigenvalue weighted by Crippen LogP contribution is -1.97. The standard InChI is InChI=1S/C15H12O3/c16-13-9-7-5-3-1-2-4-6-8-10-14-15(13)18-12-11-17-14/h1-12H. The monoisotopic (exact) mass is 240 g/mol. The van der Waals surface area contributed by atoms with Gasteiger partial charge in [0.25, 0.3) is 0 Å². The first-order valence-electron chi connectivity index (χ1n) is 5.49. The largest absolute Gasteiger partial charge is 0.458 e. The summed E-state index contributed by atoms with van der Waals surface area (Å²) in [6.07, 6.45) is 2.73. The lowest BCUT2D eigenvalue weighted by molar-refractivity contribution is 0.408. The summed E-state index contributed by atoms with van der Waals surface area (Å²) in [4.78, 5) is 11.9. The lowest BCUT2D eigenvalue weighted by atomic mass is 10.4. The summed E-state index contributed by atoms with van der Waals surface area (Å²) in [6, 6.07) is 17.6.